The van der Waals surface area contributed by atoms with Gasteiger partial charge >= 0.3 is 0 Å². The molecule has 0 atom stereocenters. The molecule has 18 heavy (non-hydrogen) atoms. The minimum absolute atomic E-state index is 0.100. The van der Waals surface area contributed by atoms with Crippen molar-refractivity contribution < 1.29 is 9.47 Å². The molecule has 1 aromatic carbocycles. The normalized spacial score (nSPS) is 12.8. The van der Waals surface area contributed by atoms with Crippen LogP contribution in [0.3, 0.4) is 0 Å². The van der Waals surface area contributed by atoms with Gasteiger partial charge in [0.15, 0.2) is 0 Å². The molecule has 0 N–H and O–H groups in total. The molecule has 3 heteroatoms. The minimum Gasteiger partial charge on any atom is -0.371 e. The van der Waals surface area contributed by atoms with E-state index in [1.54, 1.807) is 0 Å². The Morgan fingerprint density at radius 2 is 1.44 bits per heavy atom. The molecule has 0 spiro atoms. The van der Waals surface area contributed by atoms with Crippen molar-refractivity contribution in [3.63, 3.8) is 0 Å². The molecule has 1 rings (SSSR count). The van der Waals surface area contributed by atoms with E-state index in [-0.39, 0.29) is 9.21 Å². The van der Waals surface area contributed by atoms with Gasteiger partial charge in [0.25, 0.3) is 0 Å². The summed E-state index contributed by atoms with van der Waals surface area (Å²) in [5.74, 6) is 0. The van der Waals surface area contributed by atoms with E-state index in [1.165, 1.54) is 11.1 Å². The summed E-state index contributed by atoms with van der Waals surface area (Å²) in [5.41, 5.74) is 2.28. The number of ether oxygens (including phenoxy) is 2. The highest BCUT2D eigenvalue weighted by atomic mass is 127. The van der Waals surface area contributed by atoms with E-state index in [0.29, 0.717) is 13.2 Å². The highest BCUT2D eigenvalue weighted by Crippen LogP contribution is 2.21. The summed E-state index contributed by atoms with van der Waals surface area (Å²) < 4.78 is 11.4. The largest absolute Gasteiger partial charge is 0.371 e. The summed E-state index contributed by atoms with van der Waals surface area (Å²) in [7, 11) is 0. The molecule has 0 radical (unpaired) electrons. The predicted molar refractivity (Wildman–Crippen MR) is 83.9 cm³/mol. The summed E-state index contributed by atoms with van der Waals surface area (Å²) in [5, 5.41) is 0. The van der Waals surface area contributed by atoms with Gasteiger partial charge in [0.05, 0.1) is 18.8 Å². The van der Waals surface area contributed by atoms with Crippen LogP contribution in [0.25, 0.3) is 0 Å². The highest BCUT2D eigenvalue weighted by molar-refractivity contribution is 14.1. The Balaban J connectivity index is 2.57. The zero-order valence-corrected chi connectivity index (χ0v) is 14.1. The molecule has 102 valence electrons. The number of rotatable bonds is 5. The van der Waals surface area contributed by atoms with Crippen molar-refractivity contribution in [1.29, 1.82) is 0 Å². The molecule has 0 aliphatic heterocycles. The Kier molecular flexibility index (Phi) is 5.62. The molecule has 0 amide bonds. The van der Waals surface area contributed by atoms with Gasteiger partial charge in [0.1, 0.15) is 3.61 Å². The number of halogens is 1. The molecular weight excluding hydrogens is 339 g/mol. The second kappa shape index (κ2) is 6.35. The lowest BCUT2D eigenvalue weighted by Gasteiger charge is -2.20. The van der Waals surface area contributed by atoms with Gasteiger partial charge in [-0.25, -0.2) is 0 Å². The Labute approximate surface area is 124 Å². The van der Waals surface area contributed by atoms with Crippen molar-refractivity contribution in [2.45, 2.75) is 57.0 Å². The Hall–Kier alpha value is -0.130. The molecular formula is C15H23IO2. The summed E-state index contributed by atoms with van der Waals surface area (Å²) in [4.78, 5) is 0. The first kappa shape index (κ1) is 15.9. The van der Waals surface area contributed by atoms with Gasteiger partial charge in [-0.15, -0.1) is 0 Å². The lowest BCUT2D eigenvalue weighted by molar-refractivity contribution is -0.0150. The van der Waals surface area contributed by atoms with E-state index < -0.39 is 0 Å². The van der Waals surface area contributed by atoms with Gasteiger partial charge in [0.2, 0.25) is 0 Å². The van der Waals surface area contributed by atoms with Crippen LogP contribution in [0.5, 0.6) is 0 Å². The predicted octanol–water partition coefficient (Wildman–Crippen LogP) is 4.69. The molecule has 2 nitrogen and oxygen atoms in total. The van der Waals surface area contributed by atoms with Crippen molar-refractivity contribution in [1.82, 2.24) is 0 Å². The minimum atomic E-state index is -0.129. The lowest BCUT2D eigenvalue weighted by atomic mass is 10.1. The number of alkyl halides is 1. The van der Waals surface area contributed by atoms with Gasteiger partial charge in [-0.1, -0.05) is 24.3 Å². The number of hydrogen-bond donors (Lipinski definition) is 0. The fourth-order valence-corrected chi connectivity index (χ4v) is 1.52. The van der Waals surface area contributed by atoms with Crippen LogP contribution in [0.4, 0.5) is 0 Å². The first-order valence-corrected chi connectivity index (χ1v) is 7.28. The van der Waals surface area contributed by atoms with Crippen molar-refractivity contribution in [2.24, 2.45) is 0 Å². The van der Waals surface area contributed by atoms with Crippen molar-refractivity contribution in [3.05, 3.63) is 35.4 Å². The summed E-state index contributed by atoms with van der Waals surface area (Å²) >= 11 is 2.29. The second-order valence-corrected chi connectivity index (χ2v) is 8.47. The fourth-order valence-electron chi connectivity index (χ4n) is 1.36. The standard InChI is InChI=1S/C15H23IO2/c1-14(2,3)17-10-12-7-6-8-13(9-12)11-18-15(4,5)16/h6-9H,10-11H2,1-5H3. The monoisotopic (exact) mass is 362 g/mol. The summed E-state index contributed by atoms with van der Waals surface area (Å²) in [6.07, 6.45) is 0. The van der Waals surface area contributed by atoms with Gasteiger partial charge in [-0.05, 0) is 68.3 Å². The van der Waals surface area contributed by atoms with Crippen LogP contribution in [-0.2, 0) is 22.7 Å². The van der Waals surface area contributed by atoms with E-state index in [0.717, 1.165) is 0 Å². The smallest absolute Gasteiger partial charge is 0.114 e. The maximum atomic E-state index is 5.77. The SMILES string of the molecule is CC(C)(C)OCc1cccc(COC(C)(C)I)c1. The maximum Gasteiger partial charge on any atom is 0.114 e. The Bertz CT molecular complexity index is 342. The molecule has 0 unspecified atom stereocenters. The van der Waals surface area contributed by atoms with Gasteiger partial charge < -0.3 is 9.47 Å². The van der Waals surface area contributed by atoms with Crippen LogP contribution in [0.15, 0.2) is 24.3 Å². The molecule has 0 aromatic heterocycles. The topological polar surface area (TPSA) is 18.5 Å². The molecule has 0 saturated heterocycles. The van der Waals surface area contributed by atoms with Crippen molar-refractivity contribution in [3.8, 4) is 0 Å². The van der Waals surface area contributed by atoms with Crippen LogP contribution in [0.2, 0.25) is 0 Å². The van der Waals surface area contributed by atoms with Crippen LogP contribution in [-0.4, -0.2) is 9.21 Å². The third-order valence-corrected chi connectivity index (χ3v) is 2.56. The van der Waals surface area contributed by atoms with E-state index in [2.05, 4.69) is 81.5 Å². The molecule has 0 saturated carbocycles. The third-order valence-electron chi connectivity index (χ3n) is 2.25. The van der Waals surface area contributed by atoms with Crippen LogP contribution in [0, 0.1) is 0 Å². The third kappa shape index (κ3) is 7.34. The van der Waals surface area contributed by atoms with Gasteiger partial charge in [-0.3, -0.25) is 0 Å². The fraction of sp³-hybridized carbons (Fsp3) is 0.600. The zero-order valence-electron chi connectivity index (χ0n) is 11.9. The average molecular weight is 362 g/mol. The van der Waals surface area contributed by atoms with E-state index >= 15 is 0 Å². The molecule has 0 bridgehead atoms. The van der Waals surface area contributed by atoms with E-state index in [4.69, 9.17) is 9.47 Å². The van der Waals surface area contributed by atoms with E-state index in [9.17, 15) is 0 Å². The summed E-state index contributed by atoms with van der Waals surface area (Å²) in [6, 6.07) is 8.38. The Morgan fingerprint density at radius 3 is 1.89 bits per heavy atom. The molecule has 0 heterocycles. The van der Waals surface area contributed by atoms with Crippen LogP contribution in [0.1, 0.15) is 45.7 Å². The highest BCUT2D eigenvalue weighted by Gasteiger charge is 2.13. The van der Waals surface area contributed by atoms with Gasteiger partial charge in [0, 0.05) is 0 Å². The molecule has 0 fully saturated rings. The van der Waals surface area contributed by atoms with Crippen LogP contribution < -0.4 is 0 Å². The number of hydrogen-bond acceptors (Lipinski definition) is 2. The van der Waals surface area contributed by atoms with E-state index in [1.807, 2.05) is 0 Å². The summed E-state index contributed by atoms with van der Waals surface area (Å²) in [6.45, 7) is 11.6. The van der Waals surface area contributed by atoms with Gasteiger partial charge in [-0.2, -0.15) is 0 Å². The zero-order chi connectivity index (χ0) is 13.8. The average Bonchev–Trinajstić information content (AvgIpc) is 2.22. The van der Waals surface area contributed by atoms with Crippen molar-refractivity contribution in [2.75, 3.05) is 0 Å². The molecule has 0 aliphatic carbocycles. The quantitative estimate of drug-likeness (QED) is 0.559. The maximum absolute atomic E-state index is 5.77. The van der Waals surface area contributed by atoms with Crippen molar-refractivity contribution >= 4 is 22.6 Å². The first-order chi connectivity index (χ1) is 8.16. The lowest BCUT2D eigenvalue weighted by Crippen LogP contribution is -2.18. The Morgan fingerprint density at radius 1 is 0.944 bits per heavy atom. The molecule has 1 aromatic rings. The molecule has 0 aliphatic rings. The first-order valence-electron chi connectivity index (χ1n) is 6.20. The van der Waals surface area contributed by atoms with Crippen LogP contribution >= 0.6 is 22.6 Å². The number of benzene rings is 1. The second-order valence-electron chi connectivity index (χ2n) is 5.87.